The number of esters is 1. The van der Waals surface area contributed by atoms with E-state index in [1.807, 2.05) is 13.0 Å². The third kappa shape index (κ3) is 3.59. The highest BCUT2D eigenvalue weighted by atomic mass is 16.5. The van der Waals surface area contributed by atoms with Crippen LogP contribution in [0.3, 0.4) is 0 Å². The second-order valence-corrected chi connectivity index (χ2v) is 4.61. The summed E-state index contributed by atoms with van der Waals surface area (Å²) in [6.45, 7) is 5.94. The van der Waals surface area contributed by atoms with Crippen LogP contribution in [0, 0.1) is 0 Å². The molecule has 110 valence electrons. The van der Waals surface area contributed by atoms with E-state index in [9.17, 15) is 14.7 Å². The Kier molecular flexibility index (Phi) is 6.22. The molecule has 0 aromatic heterocycles. The Hall–Kier alpha value is -1.84. The molecule has 0 aliphatic heterocycles. The summed E-state index contributed by atoms with van der Waals surface area (Å²) in [5.74, 6) is -1.63. The fraction of sp³-hybridized carbons (Fsp3) is 0.500. The van der Waals surface area contributed by atoms with Gasteiger partial charge in [-0.1, -0.05) is 26.3 Å². The molecule has 1 rings (SSSR count). The van der Waals surface area contributed by atoms with Gasteiger partial charge in [0.15, 0.2) is 0 Å². The van der Waals surface area contributed by atoms with E-state index in [2.05, 4.69) is 6.92 Å². The zero-order valence-corrected chi connectivity index (χ0v) is 12.4. The van der Waals surface area contributed by atoms with Crippen molar-refractivity contribution in [2.24, 2.45) is 0 Å². The fourth-order valence-corrected chi connectivity index (χ4v) is 2.32. The van der Waals surface area contributed by atoms with E-state index in [4.69, 9.17) is 4.74 Å². The van der Waals surface area contributed by atoms with E-state index in [-0.39, 0.29) is 17.7 Å². The molecule has 0 bridgehead atoms. The zero-order chi connectivity index (χ0) is 15.1. The molecule has 0 aliphatic rings. The predicted molar refractivity (Wildman–Crippen MR) is 77.3 cm³/mol. The van der Waals surface area contributed by atoms with Gasteiger partial charge in [0.2, 0.25) is 0 Å². The first-order chi connectivity index (χ1) is 9.56. The number of aryl methyl sites for hydroxylation is 1. The first kappa shape index (κ1) is 16.2. The summed E-state index contributed by atoms with van der Waals surface area (Å²) in [6, 6.07) is 3.43. The predicted octanol–water partition coefficient (Wildman–Crippen LogP) is 3.47. The minimum Gasteiger partial charge on any atom is -0.478 e. The van der Waals surface area contributed by atoms with E-state index >= 15 is 0 Å². The molecule has 0 spiro atoms. The van der Waals surface area contributed by atoms with Crippen molar-refractivity contribution in [1.82, 2.24) is 0 Å². The zero-order valence-electron chi connectivity index (χ0n) is 12.4. The number of benzene rings is 1. The molecule has 0 heterocycles. The van der Waals surface area contributed by atoms with Crippen molar-refractivity contribution in [2.45, 2.75) is 46.5 Å². The Labute approximate surface area is 119 Å². The fourth-order valence-electron chi connectivity index (χ4n) is 2.32. The van der Waals surface area contributed by atoms with Gasteiger partial charge in [0.25, 0.3) is 0 Å². The smallest absolute Gasteiger partial charge is 0.339 e. The largest absolute Gasteiger partial charge is 0.478 e. The summed E-state index contributed by atoms with van der Waals surface area (Å²) in [5, 5.41) is 9.44. The van der Waals surface area contributed by atoms with Gasteiger partial charge in [-0.05, 0) is 43.4 Å². The number of carboxylic acid groups (broad SMARTS) is 1. The number of aromatic carboxylic acids is 1. The summed E-state index contributed by atoms with van der Waals surface area (Å²) in [5.41, 5.74) is 2.01. The second kappa shape index (κ2) is 7.68. The first-order valence-electron chi connectivity index (χ1n) is 7.11. The van der Waals surface area contributed by atoms with Crippen molar-refractivity contribution in [2.75, 3.05) is 6.61 Å². The van der Waals surface area contributed by atoms with Crippen LogP contribution in [0.25, 0.3) is 0 Å². The van der Waals surface area contributed by atoms with Crippen molar-refractivity contribution >= 4 is 11.9 Å². The van der Waals surface area contributed by atoms with Crippen LogP contribution in [0.1, 0.15) is 65.5 Å². The molecule has 0 radical (unpaired) electrons. The topological polar surface area (TPSA) is 63.6 Å². The molecule has 0 saturated carbocycles. The highest BCUT2D eigenvalue weighted by Gasteiger charge is 2.22. The first-order valence-corrected chi connectivity index (χ1v) is 7.11. The molecule has 0 amide bonds. The maximum atomic E-state index is 11.9. The van der Waals surface area contributed by atoms with Gasteiger partial charge in [0.05, 0.1) is 17.7 Å². The summed E-state index contributed by atoms with van der Waals surface area (Å²) in [4.78, 5) is 23.4. The van der Waals surface area contributed by atoms with Gasteiger partial charge in [-0.25, -0.2) is 9.59 Å². The average Bonchev–Trinajstić information content (AvgIpc) is 2.43. The summed E-state index contributed by atoms with van der Waals surface area (Å²) < 4.78 is 4.94. The molecule has 1 aromatic carbocycles. The van der Waals surface area contributed by atoms with E-state index in [1.165, 1.54) is 0 Å². The molecule has 20 heavy (non-hydrogen) atoms. The second-order valence-electron chi connectivity index (χ2n) is 4.61. The van der Waals surface area contributed by atoms with Crippen LogP contribution in [0.2, 0.25) is 0 Å². The van der Waals surface area contributed by atoms with Crippen molar-refractivity contribution < 1.29 is 19.4 Å². The standard InChI is InChI=1S/C16H22O4/c1-4-7-8-11-9-10-13(16(19)20-6-3)14(15(17)18)12(11)5-2/h9-10H,4-8H2,1-3H3,(H,17,18). The maximum absolute atomic E-state index is 11.9. The molecule has 4 nitrogen and oxygen atoms in total. The number of carboxylic acids is 1. The lowest BCUT2D eigenvalue weighted by molar-refractivity contribution is 0.0514. The van der Waals surface area contributed by atoms with Crippen molar-refractivity contribution in [3.05, 3.63) is 34.4 Å². The average molecular weight is 278 g/mol. The molecule has 0 aliphatic carbocycles. The van der Waals surface area contributed by atoms with Crippen molar-refractivity contribution in [1.29, 1.82) is 0 Å². The lowest BCUT2D eigenvalue weighted by Crippen LogP contribution is -2.15. The van der Waals surface area contributed by atoms with Crippen LogP contribution in [0.5, 0.6) is 0 Å². The minimum atomic E-state index is -1.07. The molecule has 4 heteroatoms. The Morgan fingerprint density at radius 1 is 1.20 bits per heavy atom. The van der Waals surface area contributed by atoms with Crippen molar-refractivity contribution in [3.63, 3.8) is 0 Å². The van der Waals surface area contributed by atoms with Gasteiger partial charge < -0.3 is 9.84 Å². The molecule has 0 saturated heterocycles. The normalized spacial score (nSPS) is 10.3. The van der Waals surface area contributed by atoms with Crippen LogP contribution in [-0.4, -0.2) is 23.7 Å². The lowest BCUT2D eigenvalue weighted by Gasteiger charge is -2.14. The van der Waals surface area contributed by atoms with Crippen LogP contribution in [0.15, 0.2) is 12.1 Å². The quantitative estimate of drug-likeness (QED) is 0.776. The monoisotopic (exact) mass is 278 g/mol. The van der Waals surface area contributed by atoms with Crippen LogP contribution >= 0.6 is 0 Å². The van der Waals surface area contributed by atoms with Crippen LogP contribution in [-0.2, 0) is 17.6 Å². The van der Waals surface area contributed by atoms with Gasteiger partial charge in [0.1, 0.15) is 0 Å². The maximum Gasteiger partial charge on any atom is 0.339 e. The molecule has 0 unspecified atom stereocenters. The van der Waals surface area contributed by atoms with Gasteiger partial charge in [0, 0.05) is 0 Å². The summed E-state index contributed by atoms with van der Waals surface area (Å²) in [6.07, 6.45) is 3.48. The van der Waals surface area contributed by atoms with Gasteiger partial charge in [-0.3, -0.25) is 0 Å². The van der Waals surface area contributed by atoms with Crippen LogP contribution < -0.4 is 0 Å². The molecular weight excluding hydrogens is 256 g/mol. The highest BCUT2D eigenvalue weighted by molar-refractivity contribution is 6.03. The van der Waals surface area contributed by atoms with E-state index < -0.39 is 11.9 Å². The molecule has 1 N–H and O–H groups in total. The van der Waals surface area contributed by atoms with Gasteiger partial charge >= 0.3 is 11.9 Å². The number of hydrogen-bond donors (Lipinski definition) is 1. The number of ether oxygens (including phenoxy) is 1. The molecule has 0 atom stereocenters. The van der Waals surface area contributed by atoms with Gasteiger partial charge in [-0.2, -0.15) is 0 Å². The highest BCUT2D eigenvalue weighted by Crippen LogP contribution is 2.23. The summed E-state index contributed by atoms with van der Waals surface area (Å²) >= 11 is 0. The number of carbonyl (C=O) groups is 2. The Balaban J connectivity index is 3.34. The van der Waals surface area contributed by atoms with Crippen molar-refractivity contribution in [3.8, 4) is 0 Å². The number of hydrogen-bond acceptors (Lipinski definition) is 3. The Morgan fingerprint density at radius 3 is 2.40 bits per heavy atom. The number of rotatable bonds is 7. The number of unbranched alkanes of at least 4 members (excludes halogenated alkanes) is 1. The van der Waals surface area contributed by atoms with Crippen LogP contribution in [0.4, 0.5) is 0 Å². The van der Waals surface area contributed by atoms with E-state index in [0.29, 0.717) is 6.42 Å². The summed E-state index contributed by atoms with van der Waals surface area (Å²) in [7, 11) is 0. The Morgan fingerprint density at radius 2 is 1.90 bits per heavy atom. The third-order valence-corrected chi connectivity index (χ3v) is 3.27. The minimum absolute atomic E-state index is 0.0968. The SMILES string of the molecule is CCCCc1ccc(C(=O)OCC)c(C(=O)O)c1CC. The molecular formula is C16H22O4. The number of carbonyl (C=O) groups excluding carboxylic acids is 1. The van der Waals surface area contributed by atoms with E-state index in [1.54, 1.807) is 13.0 Å². The lowest BCUT2D eigenvalue weighted by atomic mass is 9.91. The molecule has 0 fully saturated rings. The van der Waals surface area contributed by atoms with Gasteiger partial charge in [-0.15, -0.1) is 0 Å². The Bertz CT molecular complexity index is 491. The molecule has 1 aromatic rings. The third-order valence-electron chi connectivity index (χ3n) is 3.27. The van der Waals surface area contributed by atoms with E-state index in [0.717, 1.165) is 30.4 Å².